The molecule has 4 saturated heterocycles. The van der Waals surface area contributed by atoms with Crippen LogP contribution in [0.3, 0.4) is 0 Å². The van der Waals surface area contributed by atoms with Crippen LogP contribution < -0.4 is 10.6 Å². The third kappa shape index (κ3) is 30.9. The van der Waals surface area contributed by atoms with Crippen molar-refractivity contribution in [3.05, 3.63) is 12.2 Å². The van der Waals surface area contributed by atoms with Crippen LogP contribution in [0.15, 0.2) is 12.2 Å². The number of unbranched alkanes of at least 4 members (excludes halogenated alkanes) is 33. The molecule has 0 aliphatic carbocycles. The number of hydrogen-bond donors (Lipinski definition) is 15. The second kappa shape index (κ2) is 50.2. The predicted octanol–water partition coefficient (Wildman–Crippen LogP) is 4.90. The van der Waals surface area contributed by atoms with Gasteiger partial charge in [0.1, 0.15) is 97.6 Å². The Bertz CT molecular complexity index is 1970. The molecule has 0 aromatic carbocycles. The molecule has 2 amide bonds. The number of rotatable bonds is 53. The standard InChI is InChI=1S/C70H130N2O23/c1-4-6-8-10-12-14-16-18-19-20-21-22-23-24-25-26-27-29-31-33-35-37-39-41-54(79)72-48(49(78)40-38-36-34-32-30-28-17-15-13-11-9-7-5-2)46-88-68-62(86)60(84)64(52(44-75)91-68)93-70-63(87)66(95-69-61(85)59(83)57(81)51(43-74)90-69)65(53(45-76)92-70)94-67-55(71-47(3)77)58(82)56(80)50(42-73)89-67/h38,40,48-53,55-70,73-76,78,80-87H,4-37,39,41-46H2,1-3H3,(H,71,77)(H,72,79)/b40-38+/t48-,49+,50?,51?,52?,53?,55?,56-,57-,58+,59-,60+,61?,62?,63?,64+,65-,66+,67-,68+,69+,70-/m0/s1. The Morgan fingerprint density at radius 3 is 1.24 bits per heavy atom. The van der Waals surface area contributed by atoms with Gasteiger partial charge in [0.2, 0.25) is 11.8 Å². The monoisotopic (exact) mass is 1370 g/mol. The van der Waals surface area contributed by atoms with E-state index in [2.05, 4.69) is 24.5 Å². The summed E-state index contributed by atoms with van der Waals surface area (Å²) in [6, 6.07) is -2.61. The maximum Gasteiger partial charge on any atom is 0.220 e. The van der Waals surface area contributed by atoms with Crippen molar-refractivity contribution < 1.29 is 114 Å². The fourth-order valence-corrected chi connectivity index (χ4v) is 13.1. The van der Waals surface area contributed by atoms with Crippen molar-refractivity contribution in [2.75, 3.05) is 33.0 Å². The number of allylic oxidation sites excluding steroid dienone is 1. The van der Waals surface area contributed by atoms with Crippen LogP contribution in [0, 0.1) is 0 Å². The van der Waals surface area contributed by atoms with Gasteiger partial charge in [-0.2, -0.15) is 0 Å². The zero-order chi connectivity index (χ0) is 69.3. The number of aliphatic hydroxyl groups is 13. The molecule has 0 aromatic heterocycles. The molecule has 15 N–H and O–H groups in total. The lowest BCUT2D eigenvalue weighted by molar-refractivity contribution is -0.395. The second-order valence-electron chi connectivity index (χ2n) is 27.1. The Morgan fingerprint density at radius 1 is 0.411 bits per heavy atom. The van der Waals surface area contributed by atoms with Gasteiger partial charge >= 0.3 is 0 Å². The van der Waals surface area contributed by atoms with Crippen molar-refractivity contribution in [1.82, 2.24) is 10.6 Å². The van der Waals surface area contributed by atoms with Crippen LogP contribution in [0.25, 0.3) is 0 Å². The van der Waals surface area contributed by atoms with Crippen molar-refractivity contribution in [1.29, 1.82) is 0 Å². The van der Waals surface area contributed by atoms with Crippen molar-refractivity contribution >= 4 is 11.8 Å². The summed E-state index contributed by atoms with van der Waals surface area (Å²) in [4.78, 5) is 25.8. The molecule has 4 aliphatic heterocycles. The van der Waals surface area contributed by atoms with E-state index in [1.807, 2.05) is 6.08 Å². The Labute approximate surface area is 566 Å². The van der Waals surface area contributed by atoms with Crippen LogP contribution in [0.1, 0.15) is 252 Å². The Kier molecular flexibility index (Phi) is 45.1. The molecule has 4 rings (SSSR count). The summed E-state index contributed by atoms with van der Waals surface area (Å²) < 4.78 is 47.5. The lowest BCUT2D eigenvalue weighted by Crippen LogP contribution is -2.69. The highest BCUT2D eigenvalue weighted by molar-refractivity contribution is 5.76. The van der Waals surface area contributed by atoms with Crippen molar-refractivity contribution in [2.45, 2.75) is 387 Å². The number of hydrogen-bond acceptors (Lipinski definition) is 23. The molecule has 4 heterocycles. The minimum Gasteiger partial charge on any atom is -0.394 e. The molecule has 4 fully saturated rings. The first-order chi connectivity index (χ1) is 46.0. The van der Waals surface area contributed by atoms with Crippen LogP contribution in [0.5, 0.6) is 0 Å². The largest absolute Gasteiger partial charge is 0.394 e. The first kappa shape index (κ1) is 85.3. The van der Waals surface area contributed by atoms with Crippen LogP contribution in [0.2, 0.25) is 0 Å². The van der Waals surface area contributed by atoms with E-state index in [0.29, 0.717) is 12.8 Å². The predicted molar refractivity (Wildman–Crippen MR) is 354 cm³/mol. The number of carbonyl (C=O) groups excluding carboxylic acids is 2. The van der Waals surface area contributed by atoms with Gasteiger partial charge in [-0.3, -0.25) is 9.59 Å². The molecule has 0 saturated carbocycles. The highest BCUT2D eigenvalue weighted by Gasteiger charge is 2.57. The van der Waals surface area contributed by atoms with Crippen LogP contribution in [0.4, 0.5) is 0 Å². The molecular formula is C70H130N2O23. The van der Waals surface area contributed by atoms with E-state index in [1.165, 1.54) is 167 Å². The second-order valence-corrected chi connectivity index (χ2v) is 27.1. The van der Waals surface area contributed by atoms with E-state index in [1.54, 1.807) is 6.08 Å². The number of amides is 2. The Balaban J connectivity index is 1.34. The molecule has 4 aliphatic rings. The highest BCUT2D eigenvalue weighted by Crippen LogP contribution is 2.36. The number of nitrogens with one attached hydrogen (secondary N) is 2. The smallest absolute Gasteiger partial charge is 0.220 e. The molecule has 8 unspecified atom stereocenters. The third-order valence-corrected chi connectivity index (χ3v) is 19.1. The minimum absolute atomic E-state index is 0.203. The van der Waals surface area contributed by atoms with Gasteiger partial charge in [0.15, 0.2) is 25.2 Å². The molecule has 22 atom stereocenters. The average Bonchev–Trinajstić information content (AvgIpc) is 0.774. The fourth-order valence-electron chi connectivity index (χ4n) is 13.1. The van der Waals surface area contributed by atoms with E-state index >= 15 is 0 Å². The number of aliphatic hydroxyl groups excluding tert-OH is 13. The van der Waals surface area contributed by atoms with Crippen LogP contribution >= 0.6 is 0 Å². The maximum atomic E-state index is 13.5. The zero-order valence-corrected chi connectivity index (χ0v) is 57.7. The lowest BCUT2D eigenvalue weighted by atomic mass is 9.94. The van der Waals surface area contributed by atoms with Gasteiger partial charge in [-0.15, -0.1) is 0 Å². The summed E-state index contributed by atoms with van der Waals surface area (Å²) in [7, 11) is 0. The fraction of sp³-hybridized carbons (Fsp3) is 0.943. The molecule has 558 valence electrons. The summed E-state index contributed by atoms with van der Waals surface area (Å²) in [5.41, 5.74) is 0. The van der Waals surface area contributed by atoms with Gasteiger partial charge in [0.05, 0.1) is 45.2 Å². The Hall–Kier alpha value is -2.16. The molecule has 0 bridgehead atoms. The molecule has 25 nitrogen and oxygen atoms in total. The molecule has 0 spiro atoms. The first-order valence-electron chi connectivity index (χ1n) is 36.9. The van der Waals surface area contributed by atoms with E-state index in [9.17, 15) is 76.0 Å². The van der Waals surface area contributed by atoms with Gasteiger partial charge < -0.3 is 115 Å². The zero-order valence-electron chi connectivity index (χ0n) is 57.7. The minimum atomic E-state index is -2.17. The quantitative estimate of drug-likeness (QED) is 0.0284. The molecule has 0 radical (unpaired) electrons. The van der Waals surface area contributed by atoms with Gasteiger partial charge in [0, 0.05) is 13.3 Å². The van der Waals surface area contributed by atoms with Gasteiger partial charge in [0.25, 0.3) is 0 Å². The number of carbonyl (C=O) groups is 2. The summed E-state index contributed by atoms with van der Waals surface area (Å²) in [6.07, 6.45) is 10.3. The van der Waals surface area contributed by atoms with E-state index in [0.717, 1.165) is 51.9 Å². The SMILES string of the molecule is CCCCCCCCCCCCC/C=C/[C@@H](O)[C@H](CO[C@@H]1OC(CO)[C@@H](O[C@@H]2OC(CO)[C@H](O[C@@H]3OC(CO)[C@H](O)[C@H](O)C3NC(C)=O)[C@H](O[C@H]3OC(CO)[C@H](O)[C@H](O)C3O)C2O)[C@H](O)C1O)NC(=O)CCCCCCCCCCCCCCCCCCCCCCCCC. The third-order valence-electron chi connectivity index (χ3n) is 19.1. The molecule has 95 heavy (non-hydrogen) atoms. The van der Waals surface area contributed by atoms with Gasteiger partial charge in [-0.25, -0.2) is 0 Å². The van der Waals surface area contributed by atoms with Gasteiger partial charge in [-0.05, 0) is 19.3 Å². The van der Waals surface area contributed by atoms with Crippen molar-refractivity contribution in [2.24, 2.45) is 0 Å². The Morgan fingerprint density at radius 2 is 0.779 bits per heavy atom. The molecule has 0 aromatic rings. The van der Waals surface area contributed by atoms with E-state index in [4.69, 9.17) is 37.9 Å². The van der Waals surface area contributed by atoms with Crippen molar-refractivity contribution in [3.63, 3.8) is 0 Å². The summed E-state index contributed by atoms with van der Waals surface area (Å²) in [5.74, 6) is -1.04. The van der Waals surface area contributed by atoms with E-state index < -0.39 is 174 Å². The van der Waals surface area contributed by atoms with Crippen molar-refractivity contribution in [3.8, 4) is 0 Å². The normalized spacial score (nSPS) is 32.0. The van der Waals surface area contributed by atoms with E-state index in [-0.39, 0.29) is 12.3 Å². The summed E-state index contributed by atoms with van der Waals surface area (Å²) in [6.45, 7) is 1.51. The lowest BCUT2D eigenvalue weighted by Gasteiger charge is -2.50. The van der Waals surface area contributed by atoms with Crippen LogP contribution in [-0.4, -0.2) is 246 Å². The molecule has 25 heteroatoms. The number of ether oxygens (including phenoxy) is 8. The van der Waals surface area contributed by atoms with Crippen LogP contribution in [-0.2, 0) is 47.5 Å². The summed E-state index contributed by atoms with van der Waals surface area (Å²) >= 11 is 0. The molecular weight excluding hydrogens is 1240 g/mol. The van der Waals surface area contributed by atoms with Gasteiger partial charge in [-0.1, -0.05) is 231 Å². The first-order valence-corrected chi connectivity index (χ1v) is 36.9. The maximum absolute atomic E-state index is 13.5. The average molecular weight is 1370 g/mol. The highest BCUT2D eigenvalue weighted by atomic mass is 16.8. The summed E-state index contributed by atoms with van der Waals surface area (Å²) in [5, 5.41) is 148. The topological polar surface area (TPSA) is 395 Å².